The van der Waals surface area contributed by atoms with Gasteiger partial charge in [0, 0.05) is 7.05 Å². The van der Waals surface area contributed by atoms with E-state index in [0.29, 0.717) is 17.3 Å². The van der Waals surface area contributed by atoms with Crippen molar-refractivity contribution >= 4 is 0 Å². The highest BCUT2D eigenvalue weighted by atomic mass is 16.5. The first-order chi connectivity index (χ1) is 9.06. The number of rotatable bonds is 4. The van der Waals surface area contributed by atoms with Gasteiger partial charge in [-0.1, -0.05) is 6.07 Å². The van der Waals surface area contributed by atoms with E-state index in [1.807, 2.05) is 32.2 Å². The molecule has 0 unspecified atom stereocenters. The minimum absolute atomic E-state index is 0.389. The van der Waals surface area contributed by atoms with E-state index in [2.05, 4.69) is 10.1 Å². The van der Waals surface area contributed by atoms with Crippen molar-refractivity contribution in [2.45, 2.75) is 13.0 Å². The molecule has 1 atom stereocenters. The fourth-order valence-electron chi connectivity index (χ4n) is 1.81. The highest BCUT2D eigenvalue weighted by Gasteiger charge is 2.17. The van der Waals surface area contributed by atoms with Gasteiger partial charge in [0.05, 0.1) is 20.3 Å². The van der Waals surface area contributed by atoms with Gasteiger partial charge >= 0.3 is 0 Å². The van der Waals surface area contributed by atoms with E-state index in [9.17, 15) is 0 Å². The molecule has 0 aliphatic rings. The minimum atomic E-state index is -0.389. The Kier molecular flexibility index (Phi) is 3.71. The van der Waals surface area contributed by atoms with E-state index in [4.69, 9.17) is 15.2 Å². The van der Waals surface area contributed by atoms with E-state index in [-0.39, 0.29) is 6.04 Å². The fourth-order valence-corrected chi connectivity index (χ4v) is 1.81. The Hall–Kier alpha value is -2.08. The Bertz CT molecular complexity index is 561. The van der Waals surface area contributed by atoms with Gasteiger partial charge in [0.1, 0.15) is 5.82 Å². The molecule has 102 valence electrons. The van der Waals surface area contributed by atoms with Crippen LogP contribution in [0.5, 0.6) is 11.5 Å². The van der Waals surface area contributed by atoms with E-state index in [0.717, 1.165) is 11.4 Å². The van der Waals surface area contributed by atoms with Crippen molar-refractivity contribution in [1.82, 2.24) is 14.8 Å². The summed E-state index contributed by atoms with van der Waals surface area (Å²) in [7, 11) is 5.03. The number of methoxy groups -OCH3 is 2. The molecule has 19 heavy (non-hydrogen) atoms. The number of hydrogen-bond acceptors (Lipinski definition) is 5. The van der Waals surface area contributed by atoms with Crippen molar-refractivity contribution in [2.75, 3.05) is 14.2 Å². The van der Waals surface area contributed by atoms with Crippen LogP contribution in [-0.4, -0.2) is 29.0 Å². The Morgan fingerprint density at radius 2 is 1.89 bits per heavy atom. The number of benzene rings is 1. The van der Waals surface area contributed by atoms with Crippen molar-refractivity contribution in [3.8, 4) is 11.5 Å². The third kappa shape index (κ3) is 2.53. The van der Waals surface area contributed by atoms with Gasteiger partial charge in [-0.3, -0.25) is 4.68 Å². The van der Waals surface area contributed by atoms with Crippen LogP contribution in [0.25, 0.3) is 0 Å². The molecule has 0 aliphatic carbocycles. The molecular formula is C13H18N4O2. The normalized spacial score (nSPS) is 12.3. The average molecular weight is 262 g/mol. The molecule has 6 nitrogen and oxygen atoms in total. The van der Waals surface area contributed by atoms with Crippen molar-refractivity contribution in [2.24, 2.45) is 12.8 Å². The van der Waals surface area contributed by atoms with Crippen LogP contribution in [0.4, 0.5) is 0 Å². The van der Waals surface area contributed by atoms with Crippen LogP contribution in [0.2, 0.25) is 0 Å². The maximum Gasteiger partial charge on any atom is 0.172 e. The van der Waals surface area contributed by atoms with Gasteiger partial charge in [0.2, 0.25) is 0 Å². The van der Waals surface area contributed by atoms with Crippen LogP contribution in [0.15, 0.2) is 18.2 Å². The van der Waals surface area contributed by atoms with Crippen molar-refractivity contribution in [3.63, 3.8) is 0 Å². The second-order valence-corrected chi connectivity index (χ2v) is 4.23. The van der Waals surface area contributed by atoms with Gasteiger partial charge in [-0.2, -0.15) is 5.10 Å². The van der Waals surface area contributed by atoms with Crippen LogP contribution in [0, 0.1) is 6.92 Å². The third-order valence-electron chi connectivity index (χ3n) is 3.04. The zero-order valence-electron chi connectivity index (χ0n) is 11.5. The number of nitrogens with two attached hydrogens (primary N) is 1. The average Bonchev–Trinajstić information content (AvgIpc) is 2.77. The topological polar surface area (TPSA) is 75.2 Å². The number of ether oxygens (including phenoxy) is 2. The molecule has 0 saturated heterocycles. The van der Waals surface area contributed by atoms with Gasteiger partial charge in [0.25, 0.3) is 0 Å². The third-order valence-corrected chi connectivity index (χ3v) is 3.04. The summed E-state index contributed by atoms with van der Waals surface area (Å²) in [4.78, 5) is 4.34. The quantitative estimate of drug-likeness (QED) is 0.895. The fraction of sp³-hybridized carbons (Fsp3) is 0.385. The monoisotopic (exact) mass is 262 g/mol. The molecular weight excluding hydrogens is 244 g/mol. The Labute approximate surface area is 112 Å². The molecule has 0 radical (unpaired) electrons. The summed E-state index contributed by atoms with van der Waals surface area (Å²) in [6, 6.07) is 5.16. The number of nitrogens with zero attached hydrogens (tertiary/aromatic N) is 3. The molecule has 0 aliphatic heterocycles. The lowest BCUT2D eigenvalue weighted by molar-refractivity contribution is 0.354. The standard InChI is InChI=1S/C13H18N4O2/c1-8-15-13(16-17(8)2)12(14)9-5-6-10(18-3)11(7-9)19-4/h5-7,12H,14H2,1-4H3/t12-/m1/s1. The predicted molar refractivity (Wildman–Crippen MR) is 71.3 cm³/mol. The van der Waals surface area contributed by atoms with Crippen LogP contribution in [0.3, 0.4) is 0 Å². The first-order valence-electron chi connectivity index (χ1n) is 5.92. The SMILES string of the molecule is COc1ccc([C@@H](N)c2nc(C)n(C)n2)cc1OC. The number of aromatic nitrogens is 3. The summed E-state index contributed by atoms with van der Waals surface area (Å²) < 4.78 is 12.2. The number of aryl methyl sites for hydroxylation is 2. The molecule has 0 bridgehead atoms. The van der Waals surface area contributed by atoms with Crippen LogP contribution in [-0.2, 0) is 7.05 Å². The van der Waals surface area contributed by atoms with Crippen LogP contribution < -0.4 is 15.2 Å². The lowest BCUT2D eigenvalue weighted by Crippen LogP contribution is -2.14. The second kappa shape index (κ2) is 5.27. The lowest BCUT2D eigenvalue weighted by Gasteiger charge is -2.12. The molecule has 6 heteroatoms. The summed E-state index contributed by atoms with van der Waals surface area (Å²) in [6.45, 7) is 1.89. The van der Waals surface area contributed by atoms with Crippen molar-refractivity contribution in [3.05, 3.63) is 35.4 Å². The molecule has 1 heterocycles. The highest BCUT2D eigenvalue weighted by Crippen LogP contribution is 2.30. The van der Waals surface area contributed by atoms with Gasteiger partial charge in [-0.25, -0.2) is 4.98 Å². The Morgan fingerprint density at radius 1 is 1.21 bits per heavy atom. The molecule has 2 rings (SSSR count). The molecule has 1 aromatic heterocycles. The summed E-state index contributed by atoms with van der Waals surface area (Å²) in [6.07, 6.45) is 0. The van der Waals surface area contributed by atoms with Crippen molar-refractivity contribution in [1.29, 1.82) is 0 Å². The number of hydrogen-bond donors (Lipinski definition) is 1. The summed E-state index contributed by atoms with van der Waals surface area (Å²) in [5.74, 6) is 2.73. The van der Waals surface area contributed by atoms with E-state index < -0.39 is 0 Å². The molecule has 2 N–H and O–H groups in total. The molecule has 0 fully saturated rings. The van der Waals surface area contributed by atoms with E-state index >= 15 is 0 Å². The van der Waals surface area contributed by atoms with Crippen molar-refractivity contribution < 1.29 is 9.47 Å². The van der Waals surface area contributed by atoms with Crippen LogP contribution in [0.1, 0.15) is 23.3 Å². The minimum Gasteiger partial charge on any atom is -0.493 e. The molecule has 0 amide bonds. The first kappa shape index (κ1) is 13.4. The molecule has 2 aromatic rings. The maximum atomic E-state index is 6.18. The van der Waals surface area contributed by atoms with Crippen LogP contribution >= 0.6 is 0 Å². The smallest absolute Gasteiger partial charge is 0.172 e. The summed E-state index contributed by atoms with van der Waals surface area (Å²) in [5, 5.41) is 4.29. The Balaban J connectivity index is 2.35. The van der Waals surface area contributed by atoms with Gasteiger partial charge in [-0.05, 0) is 24.6 Å². The molecule has 0 spiro atoms. The zero-order valence-corrected chi connectivity index (χ0v) is 11.5. The second-order valence-electron chi connectivity index (χ2n) is 4.23. The van der Waals surface area contributed by atoms with E-state index in [1.54, 1.807) is 18.9 Å². The maximum absolute atomic E-state index is 6.18. The molecule has 1 aromatic carbocycles. The molecule has 0 saturated carbocycles. The first-order valence-corrected chi connectivity index (χ1v) is 5.92. The largest absolute Gasteiger partial charge is 0.493 e. The summed E-state index contributed by atoms with van der Waals surface area (Å²) >= 11 is 0. The Morgan fingerprint density at radius 3 is 2.42 bits per heavy atom. The van der Waals surface area contributed by atoms with Gasteiger partial charge in [0.15, 0.2) is 17.3 Å². The lowest BCUT2D eigenvalue weighted by atomic mass is 10.1. The van der Waals surface area contributed by atoms with Gasteiger partial charge < -0.3 is 15.2 Å². The van der Waals surface area contributed by atoms with Gasteiger partial charge in [-0.15, -0.1) is 0 Å². The summed E-state index contributed by atoms with van der Waals surface area (Å²) in [5.41, 5.74) is 7.06. The van der Waals surface area contributed by atoms with E-state index in [1.165, 1.54) is 0 Å². The predicted octanol–water partition coefficient (Wildman–Crippen LogP) is 1.19. The zero-order chi connectivity index (χ0) is 14.0. The highest BCUT2D eigenvalue weighted by molar-refractivity contribution is 5.44.